The van der Waals surface area contributed by atoms with Crippen LogP contribution in [0.4, 0.5) is 0 Å². The van der Waals surface area contributed by atoms with Crippen LogP contribution in [0.5, 0.6) is 0 Å². The van der Waals surface area contributed by atoms with E-state index in [0.717, 1.165) is 11.3 Å². The average molecular weight is 520 g/mol. The van der Waals surface area contributed by atoms with Gasteiger partial charge in [0.25, 0.3) is 0 Å². The molecule has 0 radical (unpaired) electrons. The van der Waals surface area contributed by atoms with Gasteiger partial charge in [-0.2, -0.15) is 0 Å². The second kappa shape index (κ2) is 11.4. The van der Waals surface area contributed by atoms with Gasteiger partial charge in [-0.05, 0) is 32.4 Å². The third kappa shape index (κ3) is 8.59. The molecule has 156 valence electrons. The van der Waals surface area contributed by atoms with Crippen LogP contribution < -0.4 is 10.6 Å². The molecule has 28 heavy (non-hydrogen) atoms. The second-order valence-corrected chi connectivity index (χ2v) is 8.98. The summed E-state index contributed by atoms with van der Waals surface area (Å²) < 4.78 is 28.1. The van der Waals surface area contributed by atoms with E-state index in [1.807, 2.05) is 38.1 Å². The number of halogens is 1. The van der Waals surface area contributed by atoms with Crippen LogP contribution in [0.1, 0.15) is 24.6 Å². The number of oxazole rings is 1. The van der Waals surface area contributed by atoms with Crippen molar-refractivity contribution < 1.29 is 12.8 Å². The number of sulfone groups is 1. The molecule has 7 nitrogen and oxygen atoms in total. The molecular weight excluding hydrogens is 491 g/mol. The minimum Gasteiger partial charge on any atom is -0.444 e. The Morgan fingerprint density at radius 2 is 1.96 bits per heavy atom. The van der Waals surface area contributed by atoms with Crippen LogP contribution in [0.2, 0.25) is 0 Å². The largest absolute Gasteiger partial charge is 0.444 e. The van der Waals surface area contributed by atoms with Crippen molar-refractivity contribution >= 4 is 39.8 Å². The molecule has 0 bridgehead atoms. The van der Waals surface area contributed by atoms with Crippen LogP contribution in [-0.4, -0.2) is 51.0 Å². The molecule has 0 saturated carbocycles. The van der Waals surface area contributed by atoms with Gasteiger partial charge in [-0.3, -0.25) is 4.99 Å². The molecule has 0 amide bonds. The third-order valence-electron chi connectivity index (χ3n) is 4.05. The zero-order valence-corrected chi connectivity index (χ0v) is 19.9. The lowest BCUT2D eigenvalue weighted by Gasteiger charge is -2.17. The fraction of sp³-hybridized carbons (Fsp3) is 0.474. The van der Waals surface area contributed by atoms with Gasteiger partial charge in [-0.25, -0.2) is 13.4 Å². The van der Waals surface area contributed by atoms with Gasteiger partial charge in [-0.15, -0.1) is 24.0 Å². The number of nitrogens with one attached hydrogen (secondary N) is 2. The fourth-order valence-corrected chi connectivity index (χ4v) is 3.23. The van der Waals surface area contributed by atoms with Crippen molar-refractivity contribution in [2.45, 2.75) is 32.7 Å². The molecule has 2 N–H and O–H groups in total. The first-order valence-electron chi connectivity index (χ1n) is 8.93. The van der Waals surface area contributed by atoms with Crippen molar-refractivity contribution in [1.82, 2.24) is 15.6 Å². The summed E-state index contributed by atoms with van der Waals surface area (Å²) in [6.07, 6.45) is 4.13. The summed E-state index contributed by atoms with van der Waals surface area (Å²) in [5, 5.41) is 6.40. The quantitative estimate of drug-likeness (QED) is 0.316. The molecule has 2 rings (SSSR count). The van der Waals surface area contributed by atoms with E-state index in [9.17, 15) is 8.42 Å². The number of nitrogens with zero attached hydrogens (tertiary/aromatic N) is 2. The molecule has 1 unspecified atom stereocenters. The first-order valence-corrected chi connectivity index (χ1v) is 11.0. The van der Waals surface area contributed by atoms with E-state index in [4.69, 9.17) is 4.42 Å². The molecule has 1 heterocycles. The summed E-state index contributed by atoms with van der Waals surface area (Å²) in [4.78, 5) is 8.68. The van der Waals surface area contributed by atoms with E-state index in [2.05, 4.69) is 20.6 Å². The lowest BCUT2D eigenvalue weighted by molar-refractivity contribution is 0.572. The number of aryl methyl sites for hydroxylation is 1. The Bertz CT molecular complexity index is 864. The number of guanidine groups is 1. The van der Waals surface area contributed by atoms with Crippen molar-refractivity contribution in [2.24, 2.45) is 4.99 Å². The zero-order valence-electron chi connectivity index (χ0n) is 16.7. The van der Waals surface area contributed by atoms with Crippen LogP contribution in [0.15, 0.2) is 39.9 Å². The summed E-state index contributed by atoms with van der Waals surface area (Å²) in [5.74, 6) is 1.40. The predicted octanol–water partition coefficient (Wildman–Crippen LogP) is 2.80. The monoisotopic (exact) mass is 520 g/mol. The van der Waals surface area contributed by atoms with Crippen molar-refractivity contribution in [3.63, 3.8) is 0 Å². The highest BCUT2D eigenvalue weighted by Gasteiger charge is 2.10. The molecule has 9 heteroatoms. The first-order chi connectivity index (χ1) is 12.8. The van der Waals surface area contributed by atoms with Crippen molar-refractivity contribution in [1.29, 1.82) is 0 Å². The van der Waals surface area contributed by atoms with Crippen LogP contribution in [0.25, 0.3) is 11.5 Å². The average Bonchev–Trinajstić information content (AvgIpc) is 3.08. The number of rotatable bonds is 8. The number of hydrogen-bond donors (Lipinski definition) is 2. The molecular formula is C19H29IN4O3S. The molecule has 1 atom stereocenters. The van der Waals surface area contributed by atoms with E-state index < -0.39 is 9.84 Å². The number of aromatic nitrogens is 1. The topological polar surface area (TPSA) is 96.6 Å². The molecule has 1 aromatic heterocycles. The lowest BCUT2D eigenvalue weighted by atomic mass is 10.1. The second-order valence-electron chi connectivity index (χ2n) is 6.72. The Labute approximate surface area is 184 Å². The Hall–Kier alpha value is -1.62. The minimum absolute atomic E-state index is 0. The highest BCUT2D eigenvalue weighted by atomic mass is 127. The van der Waals surface area contributed by atoms with E-state index in [-0.39, 0.29) is 35.8 Å². The standard InChI is InChI=1S/C19H28N4O3S.HI/c1-14-5-7-16(8-6-14)18-23-17(13-26-18)9-11-21-19(20-3)22-15(2)10-12-27(4,24)25;/h5-8,13,15H,9-12H2,1-4H3,(H2,20,21,22);1H. The summed E-state index contributed by atoms with van der Waals surface area (Å²) in [7, 11) is -1.27. The predicted molar refractivity (Wildman–Crippen MR) is 124 cm³/mol. The molecule has 0 saturated heterocycles. The van der Waals surface area contributed by atoms with Gasteiger partial charge in [0.1, 0.15) is 16.1 Å². The Morgan fingerprint density at radius 1 is 1.29 bits per heavy atom. The Kier molecular flexibility index (Phi) is 9.94. The van der Waals surface area contributed by atoms with Gasteiger partial charge < -0.3 is 15.1 Å². The van der Waals surface area contributed by atoms with Gasteiger partial charge in [0, 0.05) is 37.9 Å². The zero-order chi connectivity index (χ0) is 19.9. The molecule has 1 aromatic carbocycles. The molecule has 0 aliphatic rings. The Balaban J connectivity index is 0.00000392. The van der Waals surface area contributed by atoms with E-state index in [1.165, 1.54) is 11.8 Å². The van der Waals surface area contributed by atoms with Crippen LogP contribution in [-0.2, 0) is 16.3 Å². The van der Waals surface area contributed by atoms with Gasteiger partial charge in [0.15, 0.2) is 5.96 Å². The first kappa shape index (κ1) is 24.4. The van der Waals surface area contributed by atoms with Crippen molar-refractivity contribution in [3.8, 4) is 11.5 Å². The highest BCUT2D eigenvalue weighted by Crippen LogP contribution is 2.19. The fourth-order valence-electron chi connectivity index (χ4n) is 2.45. The molecule has 0 fully saturated rings. The number of aliphatic imine (C=N–C) groups is 1. The summed E-state index contributed by atoms with van der Waals surface area (Å²) >= 11 is 0. The van der Waals surface area contributed by atoms with E-state index >= 15 is 0 Å². The maximum atomic E-state index is 11.3. The van der Waals surface area contributed by atoms with Crippen molar-refractivity contribution in [2.75, 3.05) is 25.6 Å². The maximum Gasteiger partial charge on any atom is 0.226 e. The van der Waals surface area contributed by atoms with E-state index in [1.54, 1.807) is 13.3 Å². The lowest BCUT2D eigenvalue weighted by Crippen LogP contribution is -2.43. The van der Waals surface area contributed by atoms with Crippen LogP contribution in [0, 0.1) is 6.92 Å². The summed E-state index contributed by atoms with van der Waals surface area (Å²) in [6, 6.07) is 8.05. The number of hydrogen-bond acceptors (Lipinski definition) is 5. The smallest absolute Gasteiger partial charge is 0.226 e. The molecule has 0 aliphatic heterocycles. The van der Waals surface area contributed by atoms with Gasteiger partial charge in [0.2, 0.25) is 5.89 Å². The van der Waals surface area contributed by atoms with E-state index in [0.29, 0.717) is 31.2 Å². The summed E-state index contributed by atoms with van der Waals surface area (Å²) in [6.45, 7) is 4.61. The number of benzene rings is 1. The normalized spacial score (nSPS) is 12.9. The molecule has 0 aliphatic carbocycles. The Morgan fingerprint density at radius 3 is 2.57 bits per heavy atom. The van der Waals surface area contributed by atoms with Gasteiger partial charge in [0.05, 0.1) is 11.4 Å². The maximum absolute atomic E-state index is 11.3. The molecule has 0 spiro atoms. The van der Waals surface area contributed by atoms with Gasteiger partial charge >= 0.3 is 0 Å². The van der Waals surface area contributed by atoms with Crippen LogP contribution >= 0.6 is 24.0 Å². The highest BCUT2D eigenvalue weighted by molar-refractivity contribution is 14.0. The molecule has 2 aromatic rings. The minimum atomic E-state index is -2.96. The third-order valence-corrected chi connectivity index (χ3v) is 5.03. The van der Waals surface area contributed by atoms with Crippen LogP contribution in [0.3, 0.4) is 0 Å². The SMILES string of the molecule is CN=C(NCCc1coc(-c2ccc(C)cc2)n1)NC(C)CCS(C)(=O)=O.I. The summed E-state index contributed by atoms with van der Waals surface area (Å²) in [5.41, 5.74) is 3.01. The van der Waals surface area contributed by atoms with Crippen molar-refractivity contribution in [3.05, 3.63) is 41.8 Å². The van der Waals surface area contributed by atoms with Gasteiger partial charge in [-0.1, -0.05) is 17.7 Å².